The van der Waals surface area contributed by atoms with E-state index < -0.39 is 89.6 Å². The van der Waals surface area contributed by atoms with Crippen LogP contribution in [0.15, 0.2) is 48.5 Å². The smallest absolute Gasteiger partial charge is 0.402 e. The molecule has 0 radical (unpaired) electrons. The van der Waals surface area contributed by atoms with Crippen LogP contribution in [-0.4, -0.2) is 74.0 Å². The topological polar surface area (TPSA) is 145 Å². The number of hydrogen-bond acceptors (Lipinski definition) is 14. The van der Waals surface area contributed by atoms with Crippen molar-refractivity contribution in [1.82, 2.24) is 0 Å². The Bertz CT molecular complexity index is 1500. The summed E-state index contributed by atoms with van der Waals surface area (Å²) >= 11 is 12.7. The fourth-order valence-corrected chi connectivity index (χ4v) is 9.02. The van der Waals surface area contributed by atoms with Gasteiger partial charge in [0.05, 0.1) is 23.3 Å². The molecule has 2 aromatic carbocycles. The summed E-state index contributed by atoms with van der Waals surface area (Å²) in [5.41, 5.74) is 0. The van der Waals surface area contributed by atoms with Gasteiger partial charge in [0, 0.05) is 0 Å². The van der Waals surface area contributed by atoms with Gasteiger partial charge in [0.1, 0.15) is 48.1 Å². The van der Waals surface area contributed by atoms with Crippen molar-refractivity contribution in [2.75, 3.05) is 13.2 Å². The minimum Gasteiger partial charge on any atom is -0.402 e. The predicted molar refractivity (Wildman–Crippen MR) is 158 cm³/mol. The van der Waals surface area contributed by atoms with Gasteiger partial charge in [-0.15, -0.1) is 0 Å². The lowest BCUT2D eigenvalue weighted by Crippen LogP contribution is -2.42. The normalized spacial score (nSPS) is 41.3. The molecule has 2 aromatic rings. The molecule has 5 heterocycles. The average molecular weight is 725 g/mol. The maximum atomic E-state index is 14.8. The first-order valence-electron chi connectivity index (χ1n) is 14.5. The van der Waals surface area contributed by atoms with Gasteiger partial charge in [-0.1, -0.05) is 47.5 Å². The number of halogens is 2. The largest absolute Gasteiger partial charge is 0.531 e. The maximum absolute atomic E-state index is 14.8. The summed E-state index contributed by atoms with van der Waals surface area (Å²) in [6.45, 7) is 5.85. The van der Waals surface area contributed by atoms with Gasteiger partial charge in [0.25, 0.3) is 0 Å². The van der Waals surface area contributed by atoms with Gasteiger partial charge in [-0.2, -0.15) is 0 Å². The van der Waals surface area contributed by atoms with E-state index in [0.717, 1.165) is 0 Å². The summed E-state index contributed by atoms with van der Waals surface area (Å²) < 4.78 is 101. The monoisotopic (exact) mass is 724 g/mol. The van der Waals surface area contributed by atoms with Crippen LogP contribution in [0.1, 0.15) is 27.7 Å². The summed E-state index contributed by atoms with van der Waals surface area (Å²) in [6, 6.07) is 12.8. The summed E-state index contributed by atoms with van der Waals surface area (Å²) in [7, 11) is -9.13. The first-order chi connectivity index (χ1) is 21.7. The lowest BCUT2D eigenvalue weighted by atomic mass is 10.1. The third kappa shape index (κ3) is 6.77. The Hall–Kier alpha value is -1.32. The number of hydrogen-bond donors (Lipinski definition) is 0. The lowest BCUT2D eigenvalue weighted by molar-refractivity contribution is -0.221. The van der Waals surface area contributed by atoms with Crippen LogP contribution in [0.2, 0.25) is 10.0 Å². The molecule has 5 aliphatic heterocycles. The average Bonchev–Trinajstić information content (AvgIpc) is 3.64. The highest BCUT2D eigenvalue weighted by molar-refractivity contribution is 7.49. The van der Waals surface area contributed by atoms with E-state index in [4.69, 9.17) is 78.8 Å². The van der Waals surface area contributed by atoms with E-state index in [0.29, 0.717) is 0 Å². The number of ether oxygens (including phenoxy) is 6. The highest BCUT2D eigenvalue weighted by atomic mass is 35.5. The van der Waals surface area contributed by atoms with Gasteiger partial charge in [-0.3, -0.25) is 18.1 Å². The molecule has 5 saturated heterocycles. The summed E-state index contributed by atoms with van der Waals surface area (Å²) in [5, 5.41) is 0.320. The van der Waals surface area contributed by atoms with Crippen molar-refractivity contribution in [3.05, 3.63) is 58.6 Å². The first-order valence-corrected chi connectivity index (χ1v) is 18.1. The molecule has 0 aromatic heterocycles. The molecule has 5 aliphatic rings. The molecule has 0 spiro atoms. The van der Waals surface area contributed by atoms with Gasteiger partial charge >= 0.3 is 15.6 Å². The molecule has 0 unspecified atom stereocenters. The molecule has 5 fully saturated rings. The second-order valence-corrected chi connectivity index (χ2v) is 15.9. The van der Waals surface area contributed by atoms with Crippen molar-refractivity contribution < 1.29 is 64.7 Å². The Kier molecular flexibility index (Phi) is 8.82. The van der Waals surface area contributed by atoms with Crippen LogP contribution in [0.3, 0.4) is 0 Å². The van der Waals surface area contributed by atoms with Gasteiger partial charge < -0.3 is 37.5 Å². The Balaban J connectivity index is 1.27. The Morgan fingerprint density at radius 1 is 0.630 bits per heavy atom. The molecule has 0 saturated carbocycles. The highest BCUT2D eigenvalue weighted by Crippen LogP contribution is 2.59. The SMILES string of the molecule is CC1(C)O[C@H]2O[C@@H]3COP(=O)(Oc4ccccc4Cl)OC[C@H]4O[C@@H]5OC(C)(C)O[C@@H]5[C@@H]4OP(=O)(Oc4ccccc4Cl)O[C@H]3[C@H]2O1. The van der Waals surface area contributed by atoms with E-state index in [1.165, 1.54) is 12.1 Å². The highest BCUT2D eigenvalue weighted by Gasteiger charge is 2.62. The molecule has 0 aliphatic carbocycles. The maximum Gasteiger partial charge on any atom is 0.531 e. The molecule has 7 rings (SSSR count). The third-order valence-electron chi connectivity index (χ3n) is 7.56. The quantitative estimate of drug-likeness (QED) is 0.328. The molecule has 46 heavy (non-hydrogen) atoms. The van der Waals surface area contributed by atoms with Crippen LogP contribution < -0.4 is 9.05 Å². The van der Waals surface area contributed by atoms with E-state index in [2.05, 4.69) is 0 Å². The van der Waals surface area contributed by atoms with Gasteiger partial charge in [0.2, 0.25) is 0 Å². The van der Waals surface area contributed by atoms with Gasteiger partial charge in [0.15, 0.2) is 24.2 Å². The van der Waals surface area contributed by atoms with E-state index in [1.807, 2.05) is 0 Å². The van der Waals surface area contributed by atoms with E-state index in [-0.39, 0.29) is 21.5 Å². The zero-order valence-corrected chi connectivity index (χ0v) is 28.3. The molecule has 0 bridgehead atoms. The summed E-state index contributed by atoms with van der Waals surface area (Å²) in [6.07, 6.45) is -8.40. The minimum atomic E-state index is -4.67. The fraction of sp³-hybridized carbons (Fsp3) is 0.571. The molecule has 252 valence electrons. The molecule has 0 amide bonds. The van der Waals surface area contributed by atoms with Gasteiger partial charge in [-0.25, -0.2) is 9.13 Å². The first kappa shape index (κ1) is 33.2. The molecular weight excluding hydrogens is 693 g/mol. The molecule has 14 nitrogen and oxygen atoms in total. The minimum absolute atomic E-state index is 0.0246. The van der Waals surface area contributed by atoms with Crippen LogP contribution >= 0.6 is 38.8 Å². The predicted octanol–water partition coefficient (Wildman–Crippen LogP) is 6.24. The lowest BCUT2D eigenvalue weighted by Gasteiger charge is -2.33. The van der Waals surface area contributed by atoms with Crippen molar-refractivity contribution in [3.8, 4) is 11.5 Å². The van der Waals surface area contributed by atoms with Crippen molar-refractivity contribution >= 4 is 38.8 Å². The van der Waals surface area contributed by atoms with Crippen LogP contribution in [0.25, 0.3) is 0 Å². The van der Waals surface area contributed by atoms with Crippen molar-refractivity contribution in [2.45, 2.75) is 88.5 Å². The Morgan fingerprint density at radius 3 is 1.48 bits per heavy atom. The number of fused-ring (bicyclic) bond motifs is 6. The zero-order chi connectivity index (χ0) is 32.5. The number of phosphoric ester groups is 2. The number of benzene rings is 2. The second kappa shape index (κ2) is 12.2. The van der Waals surface area contributed by atoms with Crippen molar-refractivity contribution in [1.29, 1.82) is 0 Å². The van der Waals surface area contributed by atoms with Crippen LogP contribution in [-0.2, 0) is 55.6 Å². The van der Waals surface area contributed by atoms with Crippen LogP contribution in [0.4, 0.5) is 0 Å². The van der Waals surface area contributed by atoms with E-state index in [9.17, 15) is 9.13 Å². The summed E-state index contributed by atoms with van der Waals surface area (Å²) in [5.74, 6) is -2.08. The van der Waals surface area contributed by atoms with Crippen LogP contribution in [0, 0.1) is 0 Å². The van der Waals surface area contributed by atoms with E-state index in [1.54, 1.807) is 64.1 Å². The second-order valence-electron chi connectivity index (χ2n) is 12.0. The van der Waals surface area contributed by atoms with Gasteiger partial charge in [-0.05, 0) is 52.0 Å². The number of phosphoric acid groups is 2. The summed E-state index contributed by atoms with van der Waals surface area (Å²) in [4.78, 5) is 0. The molecular formula is C28H32Cl2O14P2. The zero-order valence-electron chi connectivity index (χ0n) is 25.0. The van der Waals surface area contributed by atoms with Crippen molar-refractivity contribution in [3.63, 3.8) is 0 Å². The fourth-order valence-electron chi connectivity index (χ4n) is 5.68. The van der Waals surface area contributed by atoms with Crippen LogP contribution in [0.5, 0.6) is 11.5 Å². The molecule has 8 atom stereocenters. The standard InChI is InChI=1S/C28H32Cl2O14P2/c1-27(2)37-23-21-19(35-25(23)39-27)13-33-45(31,41-17-11-7-5-9-15(17)29)34-14-20-22(24-26(36-20)40-28(3,4)38-24)44-46(32,43-21)42-18-12-8-6-10-16(18)30/h5-12,19-26H,13-14H2,1-4H3/t19-,20-,21-,22-,23-,24-,25-,26-,45?,46?/m1/s1. The number of para-hydroxylation sites is 2. The van der Waals surface area contributed by atoms with Crippen molar-refractivity contribution in [2.24, 2.45) is 0 Å². The Morgan fingerprint density at radius 2 is 1.04 bits per heavy atom. The molecule has 18 heteroatoms. The Labute approximate surface area is 274 Å². The third-order valence-corrected chi connectivity index (χ3v) is 11.0. The molecule has 0 N–H and O–H groups in total. The van der Waals surface area contributed by atoms with E-state index >= 15 is 0 Å². The number of rotatable bonds is 4.